The summed E-state index contributed by atoms with van der Waals surface area (Å²) in [4.78, 5) is 26.6. The van der Waals surface area contributed by atoms with Gasteiger partial charge in [-0.2, -0.15) is 0 Å². The number of amides is 1. The maximum absolute atomic E-state index is 11.9. The van der Waals surface area contributed by atoms with Crippen LogP contribution in [-0.4, -0.2) is 28.5 Å². The minimum absolute atomic E-state index is 0.0000100. The molecule has 2 rings (SSSR count). The van der Waals surface area contributed by atoms with E-state index >= 15 is 0 Å². The molecule has 0 bridgehead atoms. The fraction of sp³-hybridized carbons (Fsp3) is 0.353. The highest BCUT2D eigenvalue weighted by atomic mass is 32.1. The highest BCUT2D eigenvalue weighted by Crippen LogP contribution is 2.13. The van der Waals surface area contributed by atoms with Crippen molar-refractivity contribution in [3.8, 4) is 0 Å². The molecule has 0 atom stereocenters. The number of carboxylic acids is 1. The van der Waals surface area contributed by atoms with Crippen molar-refractivity contribution in [2.24, 2.45) is 0 Å². The van der Waals surface area contributed by atoms with Gasteiger partial charge in [0, 0.05) is 24.8 Å². The Labute approximate surface area is 139 Å². The molecular formula is C17H20N2O3S. The van der Waals surface area contributed by atoms with Gasteiger partial charge in [0.2, 0.25) is 5.91 Å². The van der Waals surface area contributed by atoms with Gasteiger partial charge in [0.15, 0.2) is 5.69 Å². The van der Waals surface area contributed by atoms with E-state index in [1.54, 1.807) is 0 Å². The van der Waals surface area contributed by atoms with Crippen LogP contribution in [0.4, 0.5) is 0 Å². The van der Waals surface area contributed by atoms with E-state index in [1.807, 2.05) is 0 Å². The van der Waals surface area contributed by atoms with Crippen molar-refractivity contribution in [2.75, 3.05) is 6.54 Å². The van der Waals surface area contributed by atoms with Crippen LogP contribution in [0.3, 0.4) is 0 Å². The highest BCUT2D eigenvalue weighted by Gasteiger charge is 2.09. The number of rotatable bonds is 7. The van der Waals surface area contributed by atoms with Gasteiger partial charge < -0.3 is 10.4 Å². The molecule has 0 aliphatic rings. The Morgan fingerprint density at radius 1 is 1.26 bits per heavy atom. The number of carbonyl (C=O) groups excluding carboxylic acids is 1. The molecule has 0 unspecified atom stereocenters. The largest absolute Gasteiger partial charge is 0.476 e. The molecule has 1 aromatic carbocycles. The lowest BCUT2D eigenvalue weighted by molar-refractivity contribution is -0.121. The first-order chi connectivity index (χ1) is 11.0. The lowest BCUT2D eigenvalue weighted by Crippen LogP contribution is -2.25. The lowest BCUT2D eigenvalue weighted by Gasteiger charge is -2.07. The van der Waals surface area contributed by atoms with Crippen LogP contribution in [0.15, 0.2) is 23.6 Å². The van der Waals surface area contributed by atoms with E-state index in [2.05, 4.69) is 42.3 Å². The number of nitrogens with zero attached hydrogens (tertiary/aromatic N) is 1. The fourth-order valence-corrected chi connectivity index (χ4v) is 3.07. The molecule has 1 amide bonds. The quantitative estimate of drug-likeness (QED) is 0.817. The first-order valence-corrected chi connectivity index (χ1v) is 8.34. The first kappa shape index (κ1) is 17.1. The van der Waals surface area contributed by atoms with Gasteiger partial charge in [-0.15, -0.1) is 11.3 Å². The maximum atomic E-state index is 11.9. The molecule has 0 aliphatic heterocycles. The Kier molecular flexibility index (Phi) is 5.87. The van der Waals surface area contributed by atoms with Crippen LogP contribution >= 0.6 is 11.3 Å². The summed E-state index contributed by atoms with van der Waals surface area (Å²) in [7, 11) is 0. The Balaban J connectivity index is 1.73. The standard InChI is InChI=1S/C17H20N2O3S/c1-11-3-4-13(12(2)9-11)5-6-15(20)18-8-7-16-19-14(10-23-16)17(21)22/h3-4,9-10H,5-8H2,1-2H3,(H,18,20)(H,21,22). The molecular weight excluding hydrogens is 312 g/mol. The van der Waals surface area contributed by atoms with Crippen LogP contribution in [0.1, 0.15) is 38.6 Å². The summed E-state index contributed by atoms with van der Waals surface area (Å²) in [6.45, 7) is 4.58. The Bertz CT molecular complexity index is 710. The van der Waals surface area contributed by atoms with E-state index in [1.165, 1.54) is 33.4 Å². The number of aromatic nitrogens is 1. The van der Waals surface area contributed by atoms with Crippen LogP contribution in [0.2, 0.25) is 0 Å². The van der Waals surface area contributed by atoms with E-state index in [-0.39, 0.29) is 11.6 Å². The average molecular weight is 332 g/mol. The van der Waals surface area contributed by atoms with Gasteiger partial charge in [0.1, 0.15) is 0 Å². The number of aromatic carboxylic acids is 1. The third-order valence-corrected chi connectivity index (χ3v) is 4.46. The Morgan fingerprint density at radius 2 is 2.04 bits per heavy atom. The average Bonchev–Trinajstić information content (AvgIpc) is 2.95. The number of aryl methyl sites for hydroxylation is 3. The smallest absolute Gasteiger partial charge is 0.355 e. The molecule has 6 heteroatoms. The van der Waals surface area contributed by atoms with E-state index in [9.17, 15) is 9.59 Å². The van der Waals surface area contributed by atoms with Crippen LogP contribution < -0.4 is 5.32 Å². The number of hydrogen-bond donors (Lipinski definition) is 2. The molecule has 1 heterocycles. The second-order valence-corrected chi connectivity index (χ2v) is 6.40. The van der Waals surface area contributed by atoms with E-state index in [4.69, 9.17) is 5.11 Å². The van der Waals surface area contributed by atoms with Crippen LogP contribution in [-0.2, 0) is 17.6 Å². The van der Waals surface area contributed by atoms with E-state index in [0.29, 0.717) is 19.4 Å². The number of benzene rings is 1. The molecule has 0 spiro atoms. The first-order valence-electron chi connectivity index (χ1n) is 7.46. The van der Waals surface area contributed by atoms with Gasteiger partial charge in [-0.3, -0.25) is 4.79 Å². The minimum Gasteiger partial charge on any atom is -0.476 e. The molecule has 0 saturated carbocycles. The summed E-state index contributed by atoms with van der Waals surface area (Å²) in [5.41, 5.74) is 3.68. The van der Waals surface area contributed by atoms with Crippen LogP contribution in [0.25, 0.3) is 0 Å². The molecule has 0 fully saturated rings. The van der Waals surface area contributed by atoms with Gasteiger partial charge in [0.25, 0.3) is 0 Å². The molecule has 2 N–H and O–H groups in total. The van der Waals surface area contributed by atoms with Gasteiger partial charge in [0.05, 0.1) is 5.01 Å². The molecule has 0 saturated heterocycles. The van der Waals surface area contributed by atoms with Gasteiger partial charge in [-0.05, 0) is 31.4 Å². The molecule has 0 aliphatic carbocycles. The molecule has 1 aromatic heterocycles. The Morgan fingerprint density at radius 3 is 2.70 bits per heavy atom. The Hall–Kier alpha value is -2.21. The predicted octanol–water partition coefficient (Wildman–Crippen LogP) is 2.75. The van der Waals surface area contributed by atoms with Crippen molar-refractivity contribution in [1.82, 2.24) is 10.3 Å². The third-order valence-electron chi connectivity index (χ3n) is 3.55. The zero-order chi connectivity index (χ0) is 16.8. The number of hydrogen-bond acceptors (Lipinski definition) is 4. The molecule has 0 radical (unpaired) electrons. The number of carboxylic acid groups (broad SMARTS) is 1. The number of carbonyl (C=O) groups is 2. The highest BCUT2D eigenvalue weighted by molar-refractivity contribution is 7.09. The van der Waals surface area contributed by atoms with Gasteiger partial charge in [-0.1, -0.05) is 23.8 Å². The van der Waals surface area contributed by atoms with Crippen LogP contribution in [0.5, 0.6) is 0 Å². The van der Waals surface area contributed by atoms with Crippen molar-refractivity contribution in [1.29, 1.82) is 0 Å². The van der Waals surface area contributed by atoms with Crippen molar-refractivity contribution in [2.45, 2.75) is 33.1 Å². The zero-order valence-electron chi connectivity index (χ0n) is 13.3. The van der Waals surface area contributed by atoms with E-state index in [0.717, 1.165) is 11.4 Å². The van der Waals surface area contributed by atoms with Gasteiger partial charge in [-0.25, -0.2) is 9.78 Å². The predicted molar refractivity (Wildman–Crippen MR) is 90.0 cm³/mol. The van der Waals surface area contributed by atoms with Crippen molar-refractivity contribution >= 4 is 23.2 Å². The summed E-state index contributed by atoms with van der Waals surface area (Å²) < 4.78 is 0. The summed E-state index contributed by atoms with van der Waals surface area (Å²) in [5, 5.41) is 13.9. The molecule has 122 valence electrons. The maximum Gasteiger partial charge on any atom is 0.355 e. The molecule has 2 aromatic rings. The topological polar surface area (TPSA) is 79.3 Å². The van der Waals surface area contributed by atoms with Crippen molar-refractivity contribution in [3.63, 3.8) is 0 Å². The van der Waals surface area contributed by atoms with Crippen molar-refractivity contribution < 1.29 is 14.7 Å². The molecule has 5 nitrogen and oxygen atoms in total. The molecule has 23 heavy (non-hydrogen) atoms. The second-order valence-electron chi connectivity index (χ2n) is 5.46. The van der Waals surface area contributed by atoms with Crippen molar-refractivity contribution in [3.05, 3.63) is 51.0 Å². The normalized spacial score (nSPS) is 10.5. The fourth-order valence-electron chi connectivity index (χ4n) is 2.30. The SMILES string of the molecule is Cc1ccc(CCC(=O)NCCc2nc(C(=O)O)cs2)c(C)c1. The van der Waals surface area contributed by atoms with Gasteiger partial charge >= 0.3 is 5.97 Å². The van der Waals surface area contributed by atoms with Crippen LogP contribution in [0, 0.1) is 13.8 Å². The number of thiazole rings is 1. The summed E-state index contributed by atoms with van der Waals surface area (Å²) in [6, 6.07) is 6.25. The second kappa shape index (κ2) is 7.87. The van der Waals surface area contributed by atoms with E-state index < -0.39 is 5.97 Å². The monoisotopic (exact) mass is 332 g/mol. The minimum atomic E-state index is -1.02. The lowest BCUT2D eigenvalue weighted by atomic mass is 10.0. The third kappa shape index (κ3) is 5.17. The summed E-state index contributed by atoms with van der Waals surface area (Å²) in [5.74, 6) is -1.02. The zero-order valence-corrected chi connectivity index (χ0v) is 14.1. The number of nitrogens with one attached hydrogen (secondary N) is 1. The summed E-state index contributed by atoms with van der Waals surface area (Å²) in [6.07, 6.45) is 1.72. The summed E-state index contributed by atoms with van der Waals surface area (Å²) >= 11 is 1.30.